The molecule has 4 rings (SSSR count). The van der Waals surface area contributed by atoms with Crippen LogP contribution < -0.4 is 10.9 Å². The molecule has 0 saturated carbocycles. The molecule has 2 aliphatic heterocycles. The summed E-state index contributed by atoms with van der Waals surface area (Å²) in [6.07, 6.45) is 0.498. The normalized spacial score (nSPS) is 23.6. The van der Waals surface area contributed by atoms with Gasteiger partial charge in [-0.25, -0.2) is 4.98 Å². The van der Waals surface area contributed by atoms with Gasteiger partial charge in [-0.05, 0) is 25.1 Å². The van der Waals surface area contributed by atoms with Crippen molar-refractivity contribution in [3.63, 3.8) is 0 Å². The van der Waals surface area contributed by atoms with E-state index in [2.05, 4.69) is 20.2 Å². The maximum Gasteiger partial charge on any atom is 0.258 e. The first kappa shape index (κ1) is 18.1. The number of carbonyl (C=O) groups is 1. The molecule has 1 amide bonds. The van der Waals surface area contributed by atoms with Crippen molar-refractivity contribution in [1.29, 1.82) is 0 Å². The minimum atomic E-state index is -0.475. The monoisotopic (exact) mass is 371 g/mol. The van der Waals surface area contributed by atoms with Crippen molar-refractivity contribution in [2.24, 2.45) is 0 Å². The summed E-state index contributed by atoms with van der Waals surface area (Å²) in [5.74, 6) is 0.633. The maximum atomic E-state index is 12.8. The number of carbonyl (C=O) groups excluding carboxylic acids is 1. The Labute approximate surface area is 157 Å². The second-order valence-corrected chi connectivity index (χ2v) is 7.22. The molecule has 27 heavy (non-hydrogen) atoms. The van der Waals surface area contributed by atoms with Crippen LogP contribution >= 0.6 is 0 Å². The van der Waals surface area contributed by atoms with Crippen LogP contribution in [0.25, 0.3) is 10.9 Å². The topological polar surface area (TPSA) is 90.6 Å². The largest absolute Gasteiger partial charge is 0.366 e. The summed E-state index contributed by atoms with van der Waals surface area (Å²) in [5, 5.41) is 3.87. The SMILES string of the molecule is CN(C(=O)[C@H]1CN(Cc2nc3ccccc3c(=O)[nH]2)CCO1)[C@@H]1CCNC1. The average Bonchev–Trinajstić information content (AvgIpc) is 3.22. The molecule has 144 valence electrons. The zero-order valence-corrected chi connectivity index (χ0v) is 15.5. The van der Waals surface area contributed by atoms with Gasteiger partial charge in [0.25, 0.3) is 11.5 Å². The van der Waals surface area contributed by atoms with Crippen LogP contribution in [0.5, 0.6) is 0 Å². The number of ether oxygens (including phenoxy) is 1. The standard InChI is InChI=1S/C19H25N5O3/c1-23(13-6-7-20-10-13)19(26)16-11-24(8-9-27-16)12-17-21-15-5-3-2-4-14(15)18(25)22-17/h2-5,13,16,20H,6-12H2,1H3,(H,21,22,25)/t13-,16-/m1/s1. The first-order valence-corrected chi connectivity index (χ1v) is 9.41. The quantitative estimate of drug-likeness (QED) is 0.783. The van der Waals surface area contributed by atoms with Gasteiger partial charge in [-0.15, -0.1) is 0 Å². The number of morpholine rings is 1. The lowest BCUT2D eigenvalue weighted by Crippen LogP contribution is -2.52. The second-order valence-electron chi connectivity index (χ2n) is 7.22. The van der Waals surface area contributed by atoms with Crippen molar-refractivity contribution < 1.29 is 9.53 Å². The van der Waals surface area contributed by atoms with Crippen molar-refractivity contribution in [2.45, 2.75) is 25.1 Å². The molecular weight excluding hydrogens is 346 g/mol. The molecule has 2 saturated heterocycles. The predicted molar refractivity (Wildman–Crippen MR) is 101 cm³/mol. The number of hydrogen-bond donors (Lipinski definition) is 2. The van der Waals surface area contributed by atoms with E-state index in [0.717, 1.165) is 19.5 Å². The Kier molecular flexibility index (Phi) is 5.20. The molecule has 8 heteroatoms. The number of fused-ring (bicyclic) bond motifs is 1. The van der Waals surface area contributed by atoms with Gasteiger partial charge in [0.15, 0.2) is 0 Å². The third-order valence-electron chi connectivity index (χ3n) is 5.39. The van der Waals surface area contributed by atoms with E-state index in [1.54, 1.807) is 6.07 Å². The lowest BCUT2D eigenvalue weighted by molar-refractivity contribution is -0.150. The number of H-pyrrole nitrogens is 1. The summed E-state index contributed by atoms with van der Waals surface area (Å²) in [6.45, 7) is 3.96. The van der Waals surface area contributed by atoms with Crippen LogP contribution in [0, 0.1) is 0 Å². The van der Waals surface area contributed by atoms with Crippen molar-refractivity contribution in [1.82, 2.24) is 25.1 Å². The van der Waals surface area contributed by atoms with Crippen LogP contribution in [0.2, 0.25) is 0 Å². The van der Waals surface area contributed by atoms with Crippen LogP contribution in [-0.2, 0) is 16.1 Å². The first-order chi connectivity index (χ1) is 13.1. The molecule has 0 unspecified atom stereocenters. The zero-order valence-electron chi connectivity index (χ0n) is 15.5. The van der Waals surface area contributed by atoms with Gasteiger partial charge in [-0.1, -0.05) is 12.1 Å². The highest BCUT2D eigenvalue weighted by Crippen LogP contribution is 2.14. The minimum absolute atomic E-state index is 0.0216. The Hall–Kier alpha value is -2.29. The number of para-hydroxylation sites is 1. The summed E-state index contributed by atoms with van der Waals surface area (Å²) in [7, 11) is 1.85. The third-order valence-corrected chi connectivity index (χ3v) is 5.39. The highest BCUT2D eigenvalue weighted by atomic mass is 16.5. The Morgan fingerprint density at radius 2 is 2.26 bits per heavy atom. The van der Waals surface area contributed by atoms with Gasteiger partial charge in [0.1, 0.15) is 11.9 Å². The molecular formula is C19H25N5O3. The van der Waals surface area contributed by atoms with E-state index in [0.29, 0.717) is 43.0 Å². The minimum Gasteiger partial charge on any atom is -0.366 e. The molecule has 0 bridgehead atoms. The Morgan fingerprint density at radius 1 is 1.41 bits per heavy atom. The highest BCUT2D eigenvalue weighted by molar-refractivity contribution is 5.81. The summed E-state index contributed by atoms with van der Waals surface area (Å²) in [6, 6.07) is 7.53. The van der Waals surface area contributed by atoms with Gasteiger partial charge in [-0.3, -0.25) is 14.5 Å². The average molecular weight is 371 g/mol. The molecule has 3 heterocycles. The maximum absolute atomic E-state index is 12.8. The Balaban J connectivity index is 1.44. The molecule has 2 fully saturated rings. The lowest BCUT2D eigenvalue weighted by Gasteiger charge is -2.35. The van der Waals surface area contributed by atoms with E-state index in [9.17, 15) is 9.59 Å². The number of nitrogens with zero attached hydrogens (tertiary/aromatic N) is 3. The van der Waals surface area contributed by atoms with Crippen molar-refractivity contribution >= 4 is 16.8 Å². The van der Waals surface area contributed by atoms with Crippen molar-refractivity contribution in [3.05, 3.63) is 40.4 Å². The molecule has 8 nitrogen and oxygen atoms in total. The van der Waals surface area contributed by atoms with Crippen LogP contribution in [-0.4, -0.2) is 77.7 Å². The zero-order chi connectivity index (χ0) is 18.8. The summed E-state index contributed by atoms with van der Waals surface area (Å²) in [5.41, 5.74) is 0.551. The van der Waals surface area contributed by atoms with Crippen molar-refractivity contribution in [3.8, 4) is 0 Å². The van der Waals surface area contributed by atoms with Crippen LogP contribution in [0.3, 0.4) is 0 Å². The van der Waals surface area contributed by atoms with Crippen LogP contribution in [0.15, 0.2) is 29.1 Å². The number of amides is 1. The first-order valence-electron chi connectivity index (χ1n) is 9.41. The van der Waals surface area contributed by atoms with Gasteiger partial charge in [0, 0.05) is 32.7 Å². The number of benzene rings is 1. The van der Waals surface area contributed by atoms with Gasteiger partial charge in [0.2, 0.25) is 0 Å². The van der Waals surface area contributed by atoms with Gasteiger partial charge in [0.05, 0.1) is 24.1 Å². The number of rotatable bonds is 4. The number of hydrogen-bond acceptors (Lipinski definition) is 6. The lowest BCUT2D eigenvalue weighted by atomic mass is 10.2. The summed E-state index contributed by atoms with van der Waals surface area (Å²) >= 11 is 0. The van der Waals surface area contributed by atoms with E-state index in [1.807, 2.05) is 30.1 Å². The van der Waals surface area contributed by atoms with Gasteiger partial charge >= 0.3 is 0 Å². The van der Waals surface area contributed by atoms with Crippen LogP contribution in [0.4, 0.5) is 0 Å². The predicted octanol–water partition coefficient (Wildman–Crippen LogP) is -0.0558. The number of aromatic amines is 1. The molecule has 1 aromatic heterocycles. The fraction of sp³-hybridized carbons (Fsp3) is 0.526. The summed E-state index contributed by atoms with van der Waals surface area (Å²) in [4.78, 5) is 36.4. The second kappa shape index (κ2) is 7.75. The number of nitrogens with one attached hydrogen (secondary N) is 2. The molecule has 0 radical (unpaired) electrons. The molecule has 0 spiro atoms. The summed E-state index contributed by atoms with van der Waals surface area (Å²) < 4.78 is 5.74. The Bertz CT molecular complexity index is 877. The number of likely N-dealkylation sites (N-methyl/N-ethyl adjacent to an activating group) is 1. The van der Waals surface area contributed by atoms with Gasteiger partial charge in [-0.2, -0.15) is 0 Å². The van der Waals surface area contributed by atoms with Crippen molar-refractivity contribution in [2.75, 3.05) is 39.8 Å². The highest BCUT2D eigenvalue weighted by Gasteiger charge is 2.32. The van der Waals surface area contributed by atoms with E-state index < -0.39 is 6.10 Å². The molecule has 2 aliphatic rings. The van der Waals surface area contributed by atoms with Gasteiger partial charge < -0.3 is 19.9 Å². The number of aromatic nitrogens is 2. The molecule has 0 aliphatic carbocycles. The molecule has 1 aromatic carbocycles. The molecule has 2 aromatic rings. The van der Waals surface area contributed by atoms with E-state index in [-0.39, 0.29) is 17.5 Å². The van der Waals surface area contributed by atoms with E-state index in [1.165, 1.54) is 0 Å². The Morgan fingerprint density at radius 3 is 3.07 bits per heavy atom. The molecule has 2 N–H and O–H groups in total. The fourth-order valence-electron chi connectivity index (χ4n) is 3.79. The van der Waals surface area contributed by atoms with Crippen LogP contribution in [0.1, 0.15) is 12.2 Å². The van der Waals surface area contributed by atoms with E-state index in [4.69, 9.17) is 4.74 Å². The molecule has 2 atom stereocenters. The van der Waals surface area contributed by atoms with E-state index >= 15 is 0 Å². The fourth-order valence-corrected chi connectivity index (χ4v) is 3.79. The smallest absolute Gasteiger partial charge is 0.258 e. The third kappa shape index (κ3) is 3.87.